The standard InChI is InChI=1S/C21H27NO/c1-14(2)22-20(23)18-9-7-8-15(3)19(18)16-10-12-17(13-11-16)21(4,5)6/h7-14H,1-6H3,(H,22,23). The highest BCUT2D eigenvalue weighted by molar-refractivity contribution is 6.01. The normalized spacial score (nSPS) is 11.6. The molecule has 0 saturated heterocycles. The number of hydrogen-bond acceptors (Lipinski definition) is 1. The Kier molecular flexibility index (Phi) is 4.93. The van der Waals surface area contributed by atoms with Gasteiger partial charge in [0.25, 0.3) is 5.91 Å². The summed E-state index contributed by atoms with van der Waals surface area (Å²) >= 11 is 0. The van der Waals surface area contributed by atoms with Crippen LogP contribution >= 0.6 is 0 Å². The van der Waals surface area contributed by atoms with Crippen molar-refractivity contribution in [2.75, 3.05) is 0 Å². The highest BCUT2D eigenvalue weighted by atomic mass is 16.1. The van der Waals surface area contributed by atoms with Gasteiger partial charge in [0.2, 0.25) is 0 Å². The highest BCUT2D eigenvalue weighted by Crippen LogP contribution is 2.30. The van der Waals surface area contributed by atoms with Crippen molar-refractivity contribution in [2.24, 2.45) is 0 Å². The minimum atomic E-state index is -0.0152. The number of aryl methyl sites for hydroxylation is 1. The zero-order valence-electron chi connectivity index (χ0n) is 15.0. The summed E-state index contributed by atoms with van der Waals surface area (Å²) in [4.78, 5) is 12.5. The van der Waals surface area contributed by atoms with Gasteiger partial charge in [-0.3, -0.25) is 4.79 Å². The van der Waals surface area contributed by atoms with Gasteiger partial charge in [0.15, 0.2) is 0 Å². The van der Waals surface area contributed by atoms with E-state index in [0.29, 0.717) is 0 Å². The van der Waals surface area contributed by atoms with Crippen molar-refractivity contribution < 1.29 is 4.79 Å². The van der Waals surface area contributed by atoms with Gasteiger partial charge in [0.05, 0.1) is 0 Å². The van der Waals surface area contributed by atoms with Crippen molar-refractivity contribution in [1.82, 2.24) is 5.32 Å². The second kappa shape index (κ2) is 6.57. The summed E-state index contributed by atoms with van der Waals surface area (Å²) < 4.78 is 0. The Bertz CT molecular complexity index is 691. The van der Waals surface area contributed by atoms with Crippen molar-refractivity contribution >= 4 is 5.91 Å². The molecule has 0 bridgehead atoms. The Labute approximate surface area is 139 Å². The quantitative estimate of drug-likeness (QED) is 0.840. The number of carbonyl (C=O) groups excluding carboxylic acids is 1. The van der Waals surface area contributed by atoms with E-state index in [1.165, 1.54) is 5.56 Å². The van der Waals surface area contributed by atoms with Gasteiger partial charge in [-0.2, -0.15) is 0 Å². The Balaban J connectivity index is 2.49. The van der Waals surface area contributed by atoms with E-state index in [9.17, 15) is 4.79 Å². The van der Waals surface area contributed by atoms with Gasteiger partial charge in [-0.05, 0) is 54.5 Å². The first-order valence-corrected chi connectivity index (χ1v) is 8.21. The number of carbonyl (C=O) groups is 1. The van der Waals surface area contributed by atoms with Crippen LogP contribution in [0.15, 0.2) is 42.5 Å². The van der Waals surface area contributed by atoms with Gasteiger partial charge in [-0.1, -0.05) is 57.2 Å². The van der Waals surface area contributed by atoms with Crippen LogP contribution in [0.2, 0.25) is 0 Å². The summed E-state index contributed by atoms with van der Waals surface area (Å²) in [5, 5.41) is 2.99. The molecule has 0 spiro atoms. The third-order valence-electron chi connectivity index (χ3n) is 3.98. The lowest BCUT2D eigenvalue weighted by Crippen LogP contribution is -2.30. The molecule has 2 heteroatoms. The molecule has 122 valence electrons. The summed E-state index contributed by atoms with van der Waals surface area (Å²) in [5.41, 5.74) is 5.38. The maximum absolute atomic E-state index is 12.5. The average molecular weight is 309 g/mol. The van der Waals surface area contributed by atoms with Gasteiger partial charge in [0, 0.05) is 11.6 Å². The maximum atomic E-state index is 12.5. The first kappa shape index (κ1) is 17.3. The fourth-order valence-electron chi connectivity index (χ4n) is 2.72. The largest absolute Gasteiger partial charge is 0.350 e. The molecule has 0 aliphatic heterocycles. The van der Waals surface area contributed by atoms with Crippen LogP contribution in [0.1, 0.15) is 56.1 Å². The minimum absolute atomic E-state index is 0.0152. The molecule has 0 aliphatic carbocycles. The van der Waals surface area contributed by atoms with Crippen LogP contribution in [0, 0.1) is 6.92 Å². The molecule has 0 fully saturated rings. The summed E-state index contributed by atoms with van der Waals surface area (Å²) in [6.07, 6.45) is 0. The van der Waals surface area contributed by atoms with Gasteiger partial charge in [-0.25, -0.2) is 0 Å². The fraction of sp³-hybridized carbons (Fsp3) is 0.381. The Hall–Kier alpha value is -2.09. The number of nitrogens with one attached hydrogen (secondary N) is 1. The fourth-order valence-corrected chi connectivity index (χ4v) is 2.72. The molecular weight excluding hydrogens is 282 g/mol. The Morgan fingerprint density at radius 3 is 2.13 bits per heavy atom. The van der Waals surface area contributed by atoms with Gasteiger partial charge in [-0.15, -0.1) is 0 Å². The number of hydrogen-bond donors (Lipinski definition) is 1. The molecule has 0 saturated carbocycles. The van der Waals surface area contributed by atoms with E-state index in [1.54, 1.807) is 0 Å². The average Bonchev–Trinajstić information content (AvgIpc) is 2.45. The Morgan fingerprint density at radius 2 is 1.61 bits per heavy atom. The van der Waals surface area contributed by atoms with Crippen LogP contribution in [-0.2, 0) is 5.41 Å². The first-order valence-electron chi connectivity index (χ1n) is 8.21. The van der Waals surface area contributed by atoms with Crippen LogP contribution in [-0.4, -0.2) is 11.9 Å². The molecule has 0 radical (unpaired) electrons. The third kappa shape index (κ3) is 4.01. The van der Waals surface area contributed by atoms with E-state index in [1.807, 2.05) is 26.0 Å². The zero-order valence-corrected chi connectivity index (χ0v) is 15.0. The van der Waals surface area contributed by atoms with Crippen LogP contribution in [0.25, 0.3) is 11.1 Å². The molecule has 0 heterocycles. The van der Waals surface area contributed by atoms with Gasteiger partial charge in [0.1, 0.15) is 0 Å². The molecule has 0 aliphatic rings. The predicted octanol–water partition coefficient (Wildman–Crippen LogP) is 5.10. The highest BCUT2D eigenvalue weighted by Gasteiger charge is 2.17. The minimum Gasteiger partial charge on any atom is -0.350 e. The number of amides is 1. The van der Waals surface area contributed by atoms with Crippen molar-refractivity contribution in [3.05, 3.63) is 59.2 Å². The van der Waals surface area contributed by atoms with Gasteiger partial charge >= 0.3 is 0 Å². The van der Waals surface area contributed by atoms with E-state index in [0.717, 1.165) is 22.3 Å². The smallest absolute Gasteiger partial charge is 0.252 e. The summed E-state index contributed by atoms with van der Waals surface area (Å²) in [6.45, 7) is 12.6. The summed E-state index contributed by atoms with van der Waals surface area (Å²) in [7, 11) is 0. The van der Waals surface area contributed by atoms with Gasteiger partial charge < -0.3 is 5.32 Å². The molecule has 1 amide bonds. The monoisotopic (exact) mass is 309 g/mol. The molecule has 0 unspecified atom stereocenters. The molecule has 0 aromatic heterocycles. The molecule has 23 heavy (non-hydrogen) atoms. The van der Waals surface area contributed by atoms with Crippen LogP contribution < -0.4 is 5.32 Å². The molecule has 1 N–H and O–H groups in total. The van der Waals surface area contributed by atoms with Crippen LogP contribution in [0.5, 0.6) is 0 Å². The van der Waals surface area contributed by atoms with E-state index in [-0.39, 0.29) is 17.4 Å². The number of rotatable bonds is 3. The van der Waals surface area contributed by atoms with E-state index in [4.69, 9.17) is 0 Å². The molecule has 2 aromatic rings. The zero-order chi connectivity index (χ0) is 17.2. The van der Waals surface area contributed by atoms with Crippen molar-refractivity contribution in [3.8, 4) is 11.1 Å². The molecular formula is C21H27NO. The van der Waals surface area contributed by atoms with Crippen LogP contribution in [0.4, 0.5) is 0 Å². The summed E-state index contributed by atoms with van der Waals surface area (Å²) in [6, 6.07) is 14.6. The van der Waals surface area contributed by atoms with Crippen LogP contribution in [0.3, 0.4) is 0 Å². The second-order valence-electron chi connectivity index (χ2n) is 7.45. The van der Waals surface area contributed by atoms with Crippen molar-refractivity contribution in [1.29, 1.82) is 0 Å². The summed E-state index contributed by atoms with van der Waals surface area (Å²) in [5.74, 6) is -0.0152. The first-order chi connectivity index (χ1) is 10.7. The Morgan fingerprint density at radius 1 is 1.00 bits per heavy atom. The third-order valence-corrected chi connectivity index (χ3v) is 3.98. The topological polar surface area (TPSA) is 29.1 Å². The molecule has 2 rings (SSSR count). The molecule has 2 aromatic carbocycles. The van der Waals surface area contributed by atoms with E-state index in [2.05, 4.69) is 63.3 Å². The van der Waals surface area contributed by atoms with E-state index >= 15 is 0 Å². The molecule has 2 nitrogen and oxygen atoms in total. The SMILES string of the molecule is Cc1cccc(C(=O)NC(C)C)c1-c1ccc(C(C)(C)C)cc1. The lowest BCUT2D eigenvalue weighted by atomic mass is 9.85. The number of benzene rings is 2. The maximum Gasteiger partial charge on any atom is 0.252 e. The lowest BCUT2D eigenvalue weighted by Gasteiger charge is -2.20. The predicted molar refractivity (Wildman–Crippen MR) is 97.9 cm³/mol. The molecule has 0 atom stereocenters. The lowest BCUT2D eigenvalue weighted by molar-refractivity contribution is 0.0943. The van der Waals surface area contributed by atoms with E-state index < -0.39 is 0 Å². The van der Waals surface area contributed by atoms with Crippen molar-refractivity contribution in [2.45, 2.75) is 53.0 Å². The second-order valence-corrected chi connectivity index (χ2v) is 7.45. The van der Waals surface area contributed by atoms with Crippen molar-refractivity contribution in [3.63, 3.8) is 0 Å².